The van der Waals surface area contributed by atoms with Crippen LogP contribution in [0, 0.1) is 11.3 Å². The molecule has 0 heterocycles. The van der Waals surface area contributed by atoms with Crippen LogP contribution in [0.2, 0.25) is 0 Å². The Balaban J connectivity index is 1.77. The molecule has 0 saturated heterocycles. The van der Waals surface area contributed by atoms with Crippen LogP contribution < -0.4 is 20.1 Å². The fourth-order valence-corrected chi connectivity index (χ4v) is 2.46. The van der Waals surface area contributed by atoms with Crippen LogP contribution in [-0.4, -0.2) is 32.1 Å². The lowest BCUT2D eigenvalue weighted by Crippen LogP contribution is -2.22. The van der Waals surface area contributed by atoms with Gasteiger partial charge >= 0.3 is 0 Å². The van der Waals surface area contributed by atoms with Gasteiger partial charge in [0.25, 0.3) is 5.91 Å². The van der Waals surface area contributed by atoms with Crippen molar-refractivity contribution < 1.29 is 19.1 Å². The summed E-state index contributed by atoms with van der Waals surface area (Å²) in [7, 11) is 1.51. The van der Waals surface area contributed by atoms with Crippen LogP contribution in [0.5, 0.6) is 11.5 Å². The third-order valence-corrected chi connectivity index (χ3v) is 3.87. The number of ether oxygens (including phenoxy) is 2. The van der Waals surface area contributed by atoms with E-state index in [1.54, 1.807) is 42.5 Å². The SMILES string of the molecule is CCNC(=O)c1ccc(NC(=O)CCCOc2ccc(C#N)cc2OC)cc1. The topological polar surface area (TPSA) is 100 Å². The molecule has 7 heteroatoms. The van der Waals surface area contributed by atoms with Gasteiger partial charge < -0.3 is 20.1 Å². The van der Waals surface area contributed by atoms with Gasteiger partial charge in [-0.2, -0.15) is 5.26 Å². The van der Waals surface area contributed by atoms with Crippen molar-refractivity contribution in [3.05, 3.63) is 53.6 Å². The Morgan fingerprint density at radius 1 is 1.11 bits per heavy atom. The zero-order valence-corrected chi connectivity index (χ0v) is 16.0. The Hall–Kier alpha value is -3.53. The summed E-state index contributed by atoms with van der Waals surface area (Å²) >= 11 is 0. The highest BCUT2D eigenvalue weighted by Gasteiger charge is 2.08. The van der Waals surface area contributed by atoms with Gasteiger partial charge in [-0.3, -0.25) is 9.59 Å². The third-order valence-electron chi connectivity index (χ3n) is 3.87. The molecule has 2 N–H and O–H groups in total. The standard InChI is InChI=1S/C21H23N3O4/c1-3-23-21(26)16-7-9-17(10-8-16)24-20(25)5-4-12-28-18-11-6-15(14-22)13-19(18)27-2/h6-11,13H,3-5,12H2,1-2H3,(H,23,26)(H,24,25). The number of hydrogen-bond donors (Lipinski definition) is 2. The minimum absolute atomic E-state index is 0.138. The normalized spacial score (nSPS) is 9.89. The summed E-state index contributed by atoms with van der Waals surface area (Å²) in [5.41, 5.74) is 1.67. The Morgan fingerprint density at radius 3 is 2.50 bits per heavy atom. The Bertz CT molecular complexity index is 857. The number of methoxy groups -OCH3 is 1. The molecule has 0 bridgehead atoms. The van der Waals surface area contributed by atoms with Crippen molar-refractivity contribution in [1.29, 1.82) is 5.26 Å². The molecular weight excluding hydrogens is 358 g/mol. The van der Waals surface area contributed by atoms with E-state index in [9.17, 15) is 9.59 Å². The van der Waals surface area contributed by atoms with E-state index < -0.39 is 0 Å². The van der Waals surface area contributed by atoms with Crippen molar-refractivity contribution in [2.45, 2.75) is 19.8 Å². The molecule has 0 atom stereocenters. The van der Waals surface area contributed by atoms with Crippen molar-refractivity contribution in [1.82, 2.24) is 5.32 Å². The molecule has 2 aromatic rings. The first-order valence-corrected chi connectivity index (χ1v) is 8.96. The molecule has 0 aliphatic rings. The fourth-order valence-electron chi connectivity index (χ4n) is 2.46. The summed E-state index contributed by atoms with van der Waals surface area (Å²) in [6.07, 6.45) is 0.808. The van der Waals surface area contributed by atoms with Gasteiger partial charge in [-0.25, -0.2) is 0 Å². The molecule has 146 valence electrons. The van der Waals surface area contributed by atoms with E-state index in [0.29, 0.717) is 47.9 Å². The van der Waals surface area contributed by atoms with Gasteiger partial charge in [0.2, 0.25) is 5.91 Å². The van der Waals surface area contributed by atoms with E-state index in [2.05, 4.69) is 10.6 Å². The lowest BCUT2D eigenvalue weighted by molar-refractivity contribution is -0.116. The molecule has 0 radical (unpaired) electrons. The maximum Gasteiger partial charge on any atom is 0.251 e. The zero-order valence-electron chi connectivity index (χ0n) is 16.0. The summed E-state index contributed by atoms with van der Waals surface area (Å²) in [6, 6.07) is 13.7. The maximum absolute atomic E-state index is 12.0. The highest BCUT2D eigenvalue weighted by molar-refractivity contribution is 5.95. The minimum atomic E-state index is -0.143. The molecule has 7 nitrogen and oxygen atoms in total. The van der Waals surface area contributed by atoms with Crippen LogP contribution in [0.25, 0.3) is 0 Å². The molecule has 28 heavy (non-hydrogen) atoms. The second-order valence-corrected chi connectivity index (χ2v) is 5.91. The molecular formula is C21H23N3O4. The molecule has 2 aromatic carbocycles. The number of hydrogen-bond acceptors (Lipinski definition) is 5. The van der Waals surface area contributed by atoms with Crippen LogP contribution in [0.15, 0.2) is 42.5 Å². The lowest BCUT2D eigenvalue weighted by Gasteiger charge is -2.11. The van der Waals surface area contributed by atoms with E-state index in [-0.39, 0.29) is 18.2 Å². The predicted molar refractivity (Wildman–Crippen MR) is 106 cm³/mol. The van der Waals surface area contributed by atoms with Gasteiger partial charge in [0.1, 0.15) is 0 Å². The first kappa shape index (κ1) is 20.8. The summed E-state index contributed by atoms with van der Waals surface area (Å²) in [4.78, 5) is 23.8. The monoisotopic (exact) mass is 381 g/mol. The summed E-state index contributed by atoms with van der Waals surface area (Å²) < 4.78 is 10.8. The van der Waals surface area contributed by atoms with Crippen molar-refractivity contribution in [2.24, 2.45) is 0 Å². The van der Waals surface area contributed by atoms with E-state index in [0.717, 1.165) is 0 Å². The second kappa shape index (κ2) is 10.6. The van der Waals surface area contributed by atoms with Crippen LogP contribution in [0.3, 0.4) is 0 Å². The van der Waals surface area contributed by atoms with Crippen molar-refractivity contribution in [3.8, 4) is 17.6 Å². The van der Waals surface area contributed by atoms with Gasteiger partial charge in [0.05, 0.1) is 25.3 Å². The number of nitrogens with zero attached hydrogens (tertiary/aromatic N) is 1. The summed E-state index contributed by atoms with van der Waals surface area (Å²) in [5.74, 6) is 0.732. The number of nitrogens with one attached hydrogen (secondary N) is 2. The Morgan fingerprint density at radius 2 is 1.86 bits per heavy atom. The molecule has 0 saturated carbocycles. The van der Waals surface area contributed by atoms with Gasteiger partial charge in [0.15, 0.2) is 11.5 Å². The van der Waals surface area contributed by atoms with E-state index in [4.69, 9.17) is 14.7 Å². The van der Waals surface area contributed by atoms with Crippen LogP contribution in [0.1, 0.15) is 35.7 Å². The first-order valence-electron chi connectivity index (χ1n) is 8.96. The number of nitriles is 1. The molecule has 0 spiro atoms. The highest BCUT2D eigenvalue weighted by Crippen LogP contribution is 2.27. The number of carbonyl (C=O) groups excluding carboxylic acids is 2. The third kappa shape index (κ3) is 6.02. The summed E-state index contributed by atoms with van der Waals surface area (Å²) in [5, 5.41) is 14.4. The average molecular weight is 381 g/mol. The highest BCUT2D eigenvalue weighted by atomic mass is 16.5. The lowest BCUT2D eigenvalue weighted by atomic mass is 10.2. The van der Waals surface area contributed by atoms with Crippen LogP contribution in [0.4, 0.5) is 5.69 Å². The quantitative estimate of drug-likeness (QED) is 0.650. The predicted octanol–water partition coefficient (Wildman–Crippen LogP) is 3.11. The number of benzene rings is 2. The van der Waals surface area contributed by atoms with E-state index in [1.165, 1.54) is 7.11 Å². The van der Waals surface area contributed by atoms with E-state index >= 15 is 0 Å². The largest absolute Gasteiger partial charge is 0.493 e. The molecule has 0 fully saturated rings. The molecule has 0 unspecified atom stereocenters. The Labute approximate surface area is 164 Å². The van der Waals surface area contributed by atoms with Crippen LogP contribution >= 0.6 is 0 Å². The number of amides is 2. The molecule has 0 aliphatic carbocycles. The Kier molecular flexibility index (Phi) is 7.85. The minimum Gasteiger partial charge on any atom is -0.493 e. The average Bonchev–Trinajstić information content (AvgIpc) is 2.72. The van der Waals surface area contributed by atoms with E-state index in [1.807, 2.05) is 13.0 Å². The zero-order chi connectivity index (χ0) is 20.4. The van der Waals surface area contributed by atoms with Gasteiger partial charge in [0, 0.05) is 30.3 Å². The molecule has 2 amide bonds. The van der Waals surface area contributed by atoms with Crippen LogP contribution in [-0.2, 0) is 4.79 Å². The number of anilines is 1. The summed E-state index contributed by atoms with van der Waals surface area (Å²) in [6.45, 7) is 2.76. The molecule has 0 aromatic heterocycles. The molecule has 2 rings (SSSR count). The van der Waals surface area contributed by atoms with Crippen molar-refractivity contribution >= 4 is 17.5 Å². The maximum atomic E-state index is 12.0. The van der Waals surface area contributed by atoms with Crippen molar-refractivity contribution in [3.63, 3.8) is 0 Å². The first-order chi connectivity index (χ1) is 13.6. The van der Waals surface area contributed by atoms with Gasteiger partial charge in [-0.1, -0.05) is 0 Å². The van der Waals surface area contributed by atoms with Crippen molar-refractivity contribution in [2.75, 3.05) is 25.6 Å². The van der Waals surface area contributed by atoms with Gasteiger partial charge in [-0.15, -0.1) is 0 Å². The fraction of sp³-hybridized carbons (Fsp3) is 0.286. The molecule has 0 aliphatic heterocycles. The number of carbonyl (C=O) groups is 2. The smallest absolute Gasteiger partial charge is 0.251 e. The second-order valence-electron chi connectivity index (χ2n) is 5.91. The number of rotatable bonds is 9. The van der Waals surface area contributed by atoms with Gasteiger partial charge in [-0.05, 0) is 49.7 Å².